The molecule has 0 bridgehead atoms. The van der Waals surface area contributed by atoms with E-state index in [1.54, 1.807) is 7.11 Å². The van der Waals surface area contributed by atoms with Gasteiger partial charge in [0.2, 0.25) is 5.13 Å². The number of methoxy groups -OCH3 is 1. The van der Waals surface area contributed by atoms with E-state index < -0.39 is 0 Å². The van der Waals surface area contributed by atoms with E-state index in [9.17, 15) is 4.79 Å². The fraction of sp³-hybridized carbons (Fsp3) is 0.118. The van der Waals surface area contributed by atoms with Crippen molar-refractivity contribution in [2.24, 2.45) is 0 Å². The van der Waals surface area contributed by atoms with Crippen LogP contribution < -0.4 is 15.6 Å². The lowest BCUT2D eigenvalue weighted by atomic mass is 10.3. The molecule has 0 unspecified atom stereocenters. The van der Waals surface area contributed by atoms with Crippen molar-refractivity contribution in [1.29, 1.82) is 5.26 Å². The highest BCUT2D eigenvalue weighted by Crippen LogP contribution is 2.32. The van der Waals surface area contributed by atoms with Gasteiger partial charge in [0.1, 0.15) is 17.4 Å². The average molecular weight is 411 g/mol. The van der Waals surface area contributed by atoms with Gasteiger partial charge < -0.3 is 10.1 Å². The number of aromatic nitrogens is 5. The summed E-state index contributed by atoms with van der Waals surface area (Å²) in [6.07, 6.45) is 1.46. The van der Waals surface area contributed by atoms with Gasteiger partial charge in [-0.3, -0.25) is 9.89 Å². The van der Waals surface area contributed by atoms with Crippen molar-refractivity contribution in [3.63, 3.8) is 0 Å². The number of nitrogens with zero attached hydrogens (tertiary/aromatic N) is 5. The van der Waals surface area contributed by atoms with Gasteiger partial charge in [-0.25, -0.2) is 9.50 Å². The predicted molar refractivity (Wildman–Crippen MR) is 106 cm³/mol. The molecule has 9 nitrogen and oxygen atoms in total. The predicted octanol–water partition coefficient (Wildman–Crippen LogP) is 2.79. The number of anilines is 2. The van der Waals surface area contributed by atoms with Gasteiger partial charge in [-0.05, 0) is 12.1 Å². The molecule has 0 saturated heterocycles. The SMILES string of the molecule is COc1ccccc1Nc1nnc(SCc2cc(=O)n3[nH]cc(C#N)c3n2)s1. The van der Waals surface area contributed by atoms with E-state index in [2.05, 4.69) is 25.6 Å². The van der Waals surface area contributed by atoms with E-state index in [1.165, 1.54) is 39.9 Å². The van der Waals surface area contributed by atoms with Crippen LogP contribution >= 0.6 is 23.1 Å². The lowest BCUT2D eigenvalue weighted by Crippen LogP contribution is -2.15. The van der Waals surface area contributed by atoms with Crippen LogP contribution in [-0.2, 0) is 5.75 Å². The first kappa shape index (κ1) is 18.0. The summed E-state index contributed by atoms with van der Waals surface area (Å²) in [5.41, 5.74) is 1.75. The summed E-state index contributed by atoms with van der Waals surface area (Å²) >= 11 is 2.81. The van der Waals surface area contributed by atoms with Gasteiger partial charge >= 0.3 is 0 Å². The van der Waals surface area contributed by atoms with Crippen molar-refractivity contribution >= 4 is 39.6 Å². The molecule has 0 amide bonds. The number of thioether (sulfide) groups is 1. The van der Waals surface area contributed by atoms with E-state index >= 15 is 0 Å². The maximum Gasteiger partial charge on any atom is 0.272 e. The Morgan fingerprint density at radius 3 is 3.07 bits per heavy atom. The first-order valence-corrected chi connectivity index (χ1v) is 9.84. The summed E-state index contributed by atoms with van der Waals surface area (Å²) in [5.74, 6) is 1.15. The smallest absolute Gasteiger partial charge is 0.272 e. The summed E-state index contributed by atoms with van der Waals surface area (Å²) in [5, 5.41) is 23.9. The minimum atomic E-state index is -0.266. The van der Waals surface area contributed by atoms with E-state index in [1.807, 2.05) is 30.3 Å². The van der Waals surface area contributed by atoms with Crippen LogP contribution in [0.15, 0.2) is 45.7 Å². The second-order valence-corrected chi connectivity index (χ2v) is 7.73. The van der Waals surface area contributed by atoms with Crippen LogP contribution in [0.2, 0.25) is 0 Å². The molecule has 2 N–H and O–H groups in total. The Hall–Kier alpha value is -3.36. The fourth-order valence-corrected chi connectivity index (χ4v) is 4.16. The number of nitrogens with one attached hydrogen (secondary N) is 2. The van der Waals surface area contributed by atoms with E-state index in [0.717, 1.165) is 10.0 Å². The minimum absolute atomic E-state index is 0.266. The van der Waals surface area contributed by atoms with Crippen molar-refractivity contribution in [2.75, 3.05) is 12.4 Å². The number of aromatic amines is 1. The van der Waals surface area contributed by atoms with Crippen molar-refractivity contribution in [3.8, 4) is 11.8 Å². The molecule has 4 rings (SSSR count). The monoisotopic (exact) mass is 411 g/mol. The maximum absolute atomic E-state index is 12.1. The Balaban J connectivity index is 1.48. The molecule has 11 heteroatoms. The van der Waals surface area contributed by atoms with E-state index in [4.69, 9.17) is 10.00 Å². The molecule has 4 aromatic rings. The molecule has 0 fully saturated rings. The number of nitriles is 1. The van der Waals surface area contributed by atoms with Gasteiger partial charge in [0.05, 0.1) is 18.5 Å². The number of rotatable bonds is 6. The van der Waals surface area contributed by atoms with Gasteiger partial charge in [-0.15, -0.1) is 10.2 Å². The van der Waals surface area contributed by atoms with Crippen molar-refractivity contribution in [3.05, 3.63) is 58.1 Å². The van der Waals surface area contributed by atoms with Gasteiger partial charge in [0.25, 0.3) is 5.56 Å². The molecule has 0 radical (unpaired) electrons. The molecular weight excluding hydrogens is 398 g/mol. The molecule has 0 aliphatic rings. The highest BCUT2D eigenvalue weighted by molar-refractivity contribution is 8.00. The van der Waals surface area contributed by atoms with Crippen molar-refractivity contribution in [1.82, 2.24) is 24.8 Å². The van der Waals surface area contributed by atoms with Crippen LogP contribution in [0.1, 0.15) is 11.3 Å². The molecular formula is C17H13N7O2S2. The maximum atomic E-state index is 12.1. The molecule has 0 saturated carbocycles. The lowest BCUT2D eigenvalue weighted by Gasteiger charge is -2.07. The van der Waals surface area contributed by atoms with Crippen LogP contribution in [0, 0.1) is 11.3 Å². The summed E-state index contributed by atoms with van der Waals surface area (Å²) < 4.78 is 7.29. The number of benzene rings is 1. The molecule has 3 aromatic heterocycles. The molecule has 0 atom stereocenters. The number of para-hydroxylation sites is 2. The third-order valence-electron chi connectivity index (χ3n) is 3.77. The zero-order valence-corrected chi connectivity index (χ0v) is 16.2. The second-order valence-electron chi connectivity index (χ2n) is 5.53. The first-order valence-electron chi connectivity index (χ1n) is 8.04. The van der Waals surface area contributed by atoms with Crippen LogP contribution in [0.25, 0.3) is 5.65 Å². The highest BCUT2D eigenvalue weighted by atomic mass is 32.2. The summed E-state index contributed by atoms with van der Waals surface area (Å²) in [6, 6.07) is 11.0. The Morgan fingerprint density at radius 2 is 2.25 bits per heavy atom. The molecule has 0 aliphatic carbocycles. The zero-order valence-electron chi connectivity index (χ0n) is 14.5. The molecule has 0 spiro atoms. The number of fused-ring (bicyclic) bond motifs is 1. The van der Waals surface area contributed by atoms with Crippen LogP contribution in [-0.4, -0.2) is 31.9 Å². The molecule has 1 aromatic carbocycles. The third kappa shape index (κ3) is 3.55. The number of hydrogen-bond donors (Lipinski definition) is 2. The normalized spacial score (nSPS) is 10.7. The average Bonchev–Trinajstić information content (AvgIpc) is 3.33. The zero-order chi connectivity index (χ0) is 19.5. The number of ether oxygens (including phenoxy) is 1. The van der Waals surface area contributed by atoms with E-state index in [0.29, 0.717) is 33.5 Å². The Bertz CT molecular complexity index is 1240. The van der Waals surface area contributed by atoms with Crippen LogP contribution in [0.4, 0.5) is 10.8 Å². The summed E-state index contributed by atoms with van der Waals surface area (Å²) in [6.45, 7) is 0. The standard InChI is InChI=1S/C17H13N7O2S2/c1-26-13-5-3-2-4-12(13)21-16-22-23-17(28-16)27-9-11-6-14(25)24-15(20-11)10(7-18)8-19-24/h2-6,8,19H,9H2,1H3,(H,21,22). The molecule has 140 valence electrons. The topological polar surface area (TPSA) is 121 Å². The number of H-pyrrole nitrogens is 1. The summed E-state index contributed by atoms with van der Waals surface area (Å²) in [7, 11) is 1.61. The van der Waals surface area contributed by atoms with Crippen molar-refractivity contribution < 1.29 is 4.74 Å². The summed E-state index contributed by atoms with van der Waals surface area (Å²) in [4.78, 5) is 16.5. The van der Waals surface area contributed by atoms with Gasteiger partial charge in [0, 0.05) is 18.0 Å². The second kappa shape index (κ2) is 7.71. The Kier molecular flexibility index (Phi) is 4.96. The van der Waals surface area contributed by atoms with Crippen LogP contribution in [0.3, 0.4) is 0 Å². The number of hydrogen-bond acceptors (Lipinski definition) is 9. The largest absolute Gasteiger partial charge is 0.495 e. The quantitative estimate of drug-likeness (QED) is 0.465. The fourth-order valence-electron chi connectivity index (χ4n) is 2.50. The van der Waals surface area contributed by atoms with Crippen molar-refractivity contribution in [2.45, 2.75) is 10.1 Å². The van der Waals surface area contributed by atoms with Gasteiger partial charge in [0.15, 0.2) is 9.99 Å². The molecule has 3 heterocycles. The molecule has 0 aliphatic heterocycles. The van der Waals surface area contributed by atoms with Crippen LogP contribution in [0.5, 0.6) is 5.75 Å². The Morgan fingerprint density at radius 1 is 1.39 bits per heavy atom. The third-order valence-corrected chi connectivity index (χ3v) is 5.78. The van der Waals surface area contributed by atoms with E-state index in [-0.39, 0.29) is 5.56 Å². The lowest BCUT2D eigenvalue weighted by molar-refractivity contribution is 0.417. The molecule has 28 heavy (non-hydrogen) atoms. The highest BCUT2D eigenvalue weighted by Gasteiger charge is 2.11. The Labute approximate surface area is 167 Å². The first-order chi connectivity index (χ1) is 13.7. The van der Waals surface area contributed by atoms with Gasteiger partial charge in [-0.1, -0.05) is 35.2 Å². The van der Waals surface area contributed by atoms with Gasteiger partial charge in [-0.2, -0.15) is 5.26 Å². The minimum Gasteiger partial charge on any atom is -0.495 e.